The van der Waals surface area contributed by atoms with Gasteiger partial charge in [-0.05, 0) is 55.5 Å². The molecule has 2 amide bonds. The van der Waals surface area contributed by atoms with Crippen LogP contribution in [0.1, 0.15) is 38.1 Å². The van der Waals surface area contributed by atoms with Crippen LogP contribution in [0.4, 0.5) is 11.4 Å². The number of benzene rings is 2. The van der Waals surface area contributed by atoms with Gasteiger partial charge in [0.1, 0.15) is 5.75 Å². The van der Waals surface area contributed by atoms with E-state index in [1.807, 2.05) is 27.7 Å². The van der Waals surface area contributed by atoms with Crippen LogP contribution in [-0.4, -0.2) is 23.5 Å². The van der Waals surface area contributed by atoms with Gasteiger partial charge in [0.25, 0.3) is 5.91 Å². The first-order chi connectivity index (χ1) is 13.6. The summed E-state index contributed by atoms with van der Waals surface area (Å²) in [6.45, 7) is 7.81. The molecule has 0 spiro atoms. The van der Waals surface area contributed by atoms with Crippen LogP contribution in [0.15, 0.2) is 46.9 Å². The summed E-state index contributed by atoms with van der Waals surface area (Å²) in [5.41, 5.74) is 1.14. The van der Waals surface area contributed by atoms with Crippen LogP contribution in [-0.2, 0) is 4.79 Å². The van der Waals surface area contributed by atoms with Gasteiger partial charge in [0.2, 0.25) is 5.91 Å². The molecule has 2 rings (SSSR count). The number of hydrogen-bond donors (Lipinski definition) is 3. The fourth-order valence-electron chi connectivity index (χ4n) is 2.29. The molecule has 0 saturated carbocycles. The quantitative estimate of drug-likeness (QED) is 0.530. The Balaban J connectivity index is 2.06. The minimum absolute atomic E-state index is 0.0939. The third kappa shape index (κ3) is 6.83. The molecule has 0 radical (unpaired) electrons. The molecule has 2 aromatic carbocycles. The topological polar surface area (TPSA) is 79.5 Å². The van der Waals surface area contributed by atoms with Crippen LogP contribution in [0.25, 0.3) is 0 Å². The van der Waals surface area contributed by atoms with Crippen molar-refractivity contribution in [3.63, 3.8) is 0 Å². The summed E-state index contributed by atoms with van der Waals surface area (Å²) in [5.74, 6) is -0.00373. The van der Waals surface area contributed by atoms with Crippen LogP contribution in [0.5, 0.6) is 5.75 Å². The van der Waals surface area contributed by atoms with Crippen molar-refractivity contribution in [1.82, 2.24) is 5.32 Å². The van der Waals surface area contributed by atoms with Crippen molar-refractivity contribution < 1.29 is 14.3 Å². The molecule has 0 unspecified atom stereocenters. The summed E-state index contributed by atoms with van der Waals surface area (Å²) < 4.78 is 6.26. The molecule has 8 heteroatoms. The molecule has 0 aromatic heterocycles. The summed E-state index contributed by atoms with van der Waals surface area (Å²) in [6.07, 6.45) is 0. The number of carbonyl (C=O) groups excluding carboxylic acids is 2. The highest BCUT2D eigenvalue weighted by molar-refractivity contribution is 9.10. The van der Waals surface area contributed by atoms with Crippen molar-refractivity contribution in [1.29, 1.82) is 0 Å². The van der Waals surface area contributed by atoms with Crippen LogP contribution in [0.2, 0.25) is 0 Å². The SMILES string of the molecule is CCOc1ccc(Br)cc1C(=O)NC(=S)Nc1cccc(NC(=O)C(C)(C)C)c1. The Bertz CT molecular complexity index is 926. The summed E-state index contributed by atoms with van der Waals surface area (Å²) in [7, 11) is 0. The molecule has 6 nitrogen and oxygen atoms in total. The predicted octanol–water partition coefficient (Wildman–Crippen LogP) is 4.96. The lowest BCUT2D eigenvalue weighted by molar-refractivity contribution is -0.123. The zero-order chi connectivity index (χ0) is 21.6. The Morgan fingerprint density at radius 2 is 1.72 bits per heavy atom. The van der Waals surface area contributed by atoms with Gasteiger partial charge in [-0.3, -0.25) is 14.9 Å². The average molecular weight is 478 g/mol. The van der Waals surface area contributed by atoms with E-state index in [-0.39, 0.29) is 16.9 Å². The van der Waals surface area contributed by atoms with Crippen molar-refractivity contribution >= 4 is 56.4 Å². The molecule has 0 bridgehead atoms. The first-order valence-electron chi connectivity index (χ1n) is 9.06. The van der Waals surface area contributed by atoms with Crippen molar-refractivity contribution in [3.8, 4) is 5.75 Å². The Labute approximate surface area is 184 Å². The smallest absolute Gasteiger partial charge is 0.261 e. The molecule has 154 valence electrons. The van der Waals surface area contributed by atoms with Gasteiger partial charge >= 0.3 is 0 Å². The number of rotatable bonds is 5. The maximum atomic E-state index is 12.6. The zero-order valence-electron chi connectivity index (χ0n) is 16.8. The molecular weight excluding hydrogens is 454 g/mol. The monoisotopic (exact) mass is 477 g/mol. The van der Waals surface area contributed by atoms with E-state index in [2.05, 4.69) is 31.9 Å². The lowest BCUT2D eigenvalue weighted by Gasteiger charge is -2.18. The van der Waals surface area contributed by atoms with E-state index in [0.29, 0.717) is 29.3 Å². The first-order valence-corrected chi connectivity index (χ1v) is 10.3. The standard InChI is InChI=1S/C21H24BrN3O3S/c1-5-28-17-10-9-13(22)11-16(17)18(26)25-20(29)24-15-8-6-7-14(12-15)23-19(27)21(2,3)4/h6-12H,5H2,1-4H3,(H,23,27)(H2,24,25,26,29). The van der Waals surface area contributed by atoms with E-state index in [4.69, 9.17) is 17.0 Å². The lowest BCUT2D eigenvalue weighted by Crippen LogP contribution is -2.34. The van der Waals surface area contributed by atoms with Gasteiger partial charge in [-0.15, -0.1) is 0 Å². The second-order valence-corrected chi connectivity index (χ2v) is 8.59. The molecule has 29 heavy (non-hydrogen) atoms. The van der Waals surface area contributed by atoms with E-state index in [1.165, 1.54) is 0 Å². The van der Waals surface area contributed by atoms with E-state index in [1.54, 1.807) is 42.5 Å². The highest BCUT2D eigenvalue weighted by atomic mass is 79.9. The number of ether oxygens (including phenoxy) is 1. The number of thiocarbonyl (C=S) groups is 1. The third-order valence-corrected chi connectivity index (χ3v) is 4.47. The number of nitrogens with one attached hydrogen (secondary N) is 3. The van der Waals surface area contributed by atoms with Gasteiger partial charge < -0.3 is 15.4 Å². The van der Waals surface area contributed by atoms with Gasteiger partial charge in [-0.1, -0.05) is 42.8 Å². The first kappa shape index (κ1) is 22.8. The van der Waals surface area contributed by atoms with Crippen LogP contribution in [0, 0.1) is 5.41 Å². The number of anilines is 2. The molecule has 0 atom stereocenters. The van der Waals surface area contributed by atoms with Crippen molar-refractivity contribution in [2.45, 2.75) is 27.7 Å². The van der Waals surface area contributed by atoms with Crippen molar-refractivity contribution in [3.05, 3.63) is 52.5 Å². The van der Waals surface area contributed by atoms with E-state index >= 15 is 0 Å². The Morgan fingerprint density at radius 3 is 2.34 bits per heavy atom. The number of carbonyl (C=O) groups is 2. The van der Waals surface area contributed by atoms with Gasteiger partial charge in [-0.25, -0.2) is 0 Å². The molecule has 0 aliphatic rings. The lowest BCUT2D eigenvalue weighted by atomic mass is 9.95. The maximum absolute atomic E-state index is 12.6. The van der Waals surface area contributed by atoms with E-state index < -0.39 is 5.41 Å². The summed E-state index contributed by atoms with van der Waals surface area (Å²) in [4.78, 5) is 24.8. The average Bonchev–Trinajstić information content (AvgIpc) is 2.62. The summed E-state index contributed by atoms with van der Waals surface area (Å²) in [6, 6.07) is 12.3. The Morgan fingerprint density at radius 1 is 1.07 bits per heavy atom. The highest BCUT2D eigenvalue weighted by Gasteiger charge is 2.21. The second-order valence-electron chi connectivity index (χ2n) is 7.27. The Hall–Kier alpha value is -2.45. The fourth-order valence-corrected chi connectivity index (χ4v) is 2.86. The van der Waals surface area contributed by atoms with Crippen molar-refractivity contribution in [2.24, 2.45) is 5.41 Å². The van der Waals surface area contributed by atoms with E-state index in [0.717, 1.165) is 4.47 Å². The maximum Gasteiger partial charge on any atom is 0.261 e. The van der Waals surface area contributed by atoms with Crippen LogP contribution < -0.4 is 20.7 Å². The molecule has 0 fully saturated rings. The molecule has 0 aliphatic heterocycles. The predicted molar refractivity (Wildman–Crippen MR) is 124 cm³/mol. The van der Waals surface area contributed by atoms with E-state index in [9.17, 15) is 9.59 Å². The van der Waals surface area contributed by atoms with Crippen molar-refractivity contribution in [2.75, 3.05) is 17.2 Å². The van der Waals surface area contributed by atoms with Crippen LogP contribution in [0.3, 0.4) is 0 Å². The number of halogens is 1. The summed E-state index contributed by atoms with van der Waals surface area (Å²) in [5, 5.41) is 8.60. The minimum Gasteiger partial charge on any atom is -0.493 e. The molecule has 0 aliphatic carbocycles. The normalized spacial score (nSPS) is 10.8. The summed E-state index contributed by atoms with van der Waals surface area (Å²) >= 11 is 8.62. The van der Waals surface area contributed by atoms with Gasteiger partial charge in [0.05, 0.1) is 12.2 Å². The number of hydrogen-bond acceptors (Lipinski definition) is 4. The minimum atomic E-state index is -0.505. The zero-order valence-corrected chi connectivity index (χ0v) is 19.2. The largest absolute Gasteiger partial charge is 0.493 e. The Kier molecular flexibility index (Phi) is 7.75. The molecule has 2 aromatic rings. The van der Waals surface area contributed by atoms with Gasteiger partial charge in [0, 0.05) is 21.3 Å². The molecule has 0 heterocycles. The van der Waals surface area contributed by atoms with Gasteiger partial charge in [0.15, 0.2) is 5.11 Å². The molecule has 0 saturated heterocycles. The third-order valence-electron chi connectivity index (χ3n) is 3.77. The highest BCUT2D eigenvalue weighted by Crippen LogP contribution is 2.24. The van der Waals surface area contributed by atoms with Gasteiger partial charge in [-0.2, -0.15) is 0 Å². The molecular formula is C21H24BrN3O3S. The van der Waals surface area contributed by atoms with Crippen LogP contribution >= 0.6 is 28.1 Å². The number of amides is 2. The second kappa shape index (κ2) is 9.84. The molecule has 3 N–H and O–H groups in total. The fraction of sp³-hybridized carbons (Fsp3) is 0.286.